The van der Waals surface area contributed by atoms with Gasteiger partial charge in [0.2, 0.25) is 0 Å². The predicted octanol–water partition coefficient (Wildman–Crippen LogP) is 2.71. The van der Waals surface area contributed by atoms with Crippen molar-refractivity contribution in [2.24, 2.45) is 0 Å². The molecule has 4 heteroatoms. The van der Waals surface area contributed by atoms with E-state index in [2.05, 4.69) is 10.3 Å². The van der Waals surface area contributed by atoms with Crippen LogP contribution in [-0.2, 0) is 5.92 Å². The molecule has 1 aromatic rings. The van der Waals surface area contributed by atoms with Gasteiger partial charge < -0.3 is 5.32 Å². The van der Waals surface area contributed by atoms with E-state index in [4.69, 9.17) is 0 Å². The average Bonchev–Trinajstić information content (AvgIpc) is 2.31. The number of hydrogen-bond donors (Lipinski definition) is 1. The lowest BCUT2D eigenvalue weighted by molar-refractivity contribution is -0.0294. The van der Waals surface area contributed by atoms with Crippen molar-refractivity contribution in [3.63, 3.8) is 0 Å². The zero-order chi connectivity index (χ0) is 11.4. The third-order valence-electron chi connectivity index (χ3n) is 2.95. The second-order valence-corrected chi connectivity index (χ2v) is 4.27. The molecule has 1 aliphatic rings. The van der Waals surface area contributed by atoms with Crippen LogP contribution in [0.4, 0.5) is 8.78 Å². The molecule has 0 radical (unpaired) electrons. The minimum Gasteiger partial charge on any atom is -0.314 e. The molecule has 2 rings (SSSR count). The van der Waals surface area contributed by atoms with E-state index in [0.29, 0.717) is 0 Å². The van der Waals surface area contributed by atoms with Crippen molar-refractivity contribution < 1.29 is 8.78 Å². The Balaban J connectivity index is 2.01. The Labute approximate surface area is 94.1 Å². The third kappa shape index (κ3) is 2.76. The van der Waals surface area contributed by atoms with E-state index in [9.17, 15) is 8.78 Å². The first-order chi connectivity index (χ1) is 7.68. The largest absolute Gasteiger partial charge is 0.314 e. The molecule has 1 N–H and O–H groups in total. The molecule has 0 bridgehead atoms. The van der Waals surface area contributed by atoms with E-state index in [1.54, 1.807) is 12.1 Å². The van der Waals surface area contributed by atoms with Gasteiger partial charge in [0.15, 0.2) is 0 Å². The highest BCUT2D eigenvalue weighted by Crippen LogP contribution is 2.32. The maximum atomic E-state index is 13.8. The molecule has 88 valence electrons. The molecule has 1 unspecified atom stereocenters. The molecule has 0 spiro atoms. The summed E-state index contributed by atoms with van der Waals surface area (Å²) >= 11 is 0. The van der Waals surface area contributed by atoms with Gasteiger partial charge in [-0.2, -0.15) is 8.78 Å². The summed E-state index contributed by atoms with van der Waals surface area (Å²) in [7, 11) is 0. The number of piperidine rings is 1. The summed E-state index contributed by atoms with van der Waals surface area (Å²) in [6, 6.07) is 4.57. The smallest absolute Gasteiger partial charge is 0.291 e. The molecule has 0 aromatic carbocycles. The van der Waals surface area contributed by atoms with Gasteiger partial charge in [-0.25, -0.2) is 0 Å². The molecule has 1 aliphatic heterocycles. The van der Waals surface area contributed by atoms with Crippen LogP contribution >= 0.6 is 0 Å². The zero-order valence-corrected chi connectivity index (χ0v) is 9.13. The van der Waals surface area contributed by atoms with Crippen LogP contribution in [0.15, 0.2) is 24.4 Å². The summed E-state index contributed by atoms with van der Waals surface area (Å²) < 4.78 is 27.7. The van der Waals surface area contributed by atoms with Gasteiger partial charge in [0.25, 0.3) is 5.92 Å². The second kappa shape index (κ2) is 4.87. The van der Waals surface area contributed by atoms with Crippen LogP contribution in [0.5, 0.6) is 0 Å². The molecule has 0 amide bonds. The quantitative estimate of drug-likeness (QED) is 0.857. The first-order valence-electron chi connectivity index (χ1n) is 5.71. The van der Waals surface area contributed by atoms with Crippen molar-refractivity contribution >= 4 is 0 Å². The number of alkyl halides is 2. The van der Waals surface area contributed by atoms with Crippen molar-refractivity contribution in [2.75, 3.05) is 6.54 Å². The van der Waals surface area contributed by atoms with Gasteiger partial charge in [0, 0.05) is 18.7 Å². The fourth-order valence-electron chi connectivity index (χ4n) is 2.09. The summed E-state index contributed by atoms with van der Waals surface area (Å²) in [5, 5.41) is 3.14. The highest BCUT2D eigenvalue weighted by molar-refractivity contribution is 5.10. The molecular formula is C12H16F2N2. The number of halogens is 2. The number of aromatic nitrogens is 1. The Morgan fingerprint density at radius 2 is 2.25 bits per heavy atom. The Kier molecular flexibility index (Phi) is 3.49. The number of pyridine rings is 1. The number of hydrogen-bond acceptors (Lipinski definition) is 2. The minimum absolute atomic E-state index is 0.0780. The van der Waals surface area contributed by atoms with Gasteiger partial charge >= 0.3 is 0 Å². The Bertz CT molecular complexity index is 321. The Hall–Kier alpha value is -1.03. The standard InChI is InChI=1S/C12H16F2N2/c13-12(14,11-6-2-4-8-16-11)9-10-5-1-3-7-15-10/h2,4,6,8,10,15H,1,3,5,7,9H2. The maximum Gasteiger partial charge on any atom is 0.291 e. The van der Waals surface area contributed by atoms with Gasteiger partial charge in [-0.05, 0) is 31.5 Å². The summed E-state index contributed by atoms with van der Waals surface area (Å²) in [6.45, 7) is 0.850. The molecule has 1 fully saturated rings. The fraction of sp³-hybridized carbons (Fsp3) is 0.583. The van der Waals surface area contributed by atoms with Crippen molar-refractivity contribution in [3.05, 3.63) is 30.1 Å². The molecule has 0 aliphatic carbocycles. The summed E-state index contributed by atoms with van der Waals surface area (Å²) in [6.07, 6.45) is 4.23. The Morgan fingerprint density at radius 3 is 2.88 bits per heavy atom. The van der Waals surface area contributed by atoms with Crippen molar-refractivity contribution in [2.45, 2.75) is 37.6 Å². The van der Waals surface area contributed by atoms with Gasteiger partial charge in [0.1, 0.15) is 5.69 Å². The van der Waals surface area contributed by atoms with E-state index < -0.39 is 5.92 Å². The van der Waals surface area contributed by atoms with Crippen LogP contribution < -0.4 is 5.32 Å². The van der Waals surface area contributed by atoms with Crippen molar-refractivity contribution in [3.8, 4) is 0 Å². The van der Waals surface area contributed by atoms with Crippen LogP contribution in [0, 0.1) is 0 Å². The van der Waals surface area contributed by atoms with E-state index in [1.165, 1.54) is 12.3 Å². The zero-order valence-electron chi connectivity index (χ0n) is 9.13. The van der Waals surface area contributed by atoms with Gasteiger partial charge in [-0.1, -0.05) is 12.5 Å². The molecule has 1 atom stereocenters. The van der Waals surface area contributed by atoms with E-state index in [0.717, 1.165) is 25.8 Å². The molecule has 1 aromatic heterocycles. The predicted molar refractivity (Wildman–Crippen MR) is 58.4 cm³/mol. The van der Waals surface area contributed by atoms with Crippen LogP contribution in [0.3, 0.4) is 0 Å². The molecule has 16 heavy (non-hydrogen) atoms. The average molecular weight is 226 g/mol. The van der Waals surface area contributed by atoms with Crippen molar-refractivity contribution in [1.82, 2.24) is 10.3 Å². The van der Waals surface area contributed by atoms with Gasteiger partial charge in [-0.15, -0.1) is 0 Å². The lowest BCUT2D eigenvalue weighted by atomic mass is 9.97. The lowest BCUT2D eigenvalue weighted by Gasteiger charge is -2.27. The summed E-state index contributed by atoms with van der Waals surface area (Å²) in [5.74, 6) is -2.82. The number of nitrogens with zero attached hydrogens (tertiary/aromatic N) is 1. The molecule has 0 saturated carbocycles. The highest BCUT2D eigenvalue weighted by atomic mass is 19.3. The van der Waals surface area contributed by atoms with Gasteiger partial charge in [-0.3, -0.25) is 4.98 Å². The lowest BCUT2D eigenvalue weighted by Crippen LogP contribution is -2.38. The van der Waals surface area contributed by atoms with Crippen LogP contribution in [0.2, 0.25) is 0 Å². The number of rotatable bonds is 3. The summed E-state index contributed by atoms with van der Waals surface area (Å²) in [4.78, 5) is 3.74. The van der Waals surface area contributed by atoms with E-state index in [1.807, 2.05) is 0 Å². The monoisotopic (exact) mass is 226 g/mol. The van der Waals surface area contributed by atoms with Crippen molar-refractivity contribution in [1.29, 1.82) is 0 Å². The van der Waals surface area contributed by atoms with Gasteiger partial charge in [0.05, 0.1) is 0 Å². The minimum atomic E-state index is -2.82. The molecule has 1 saturated heterocycles. The first-order valence-corrected chi connectivity index (χ1v) is 5.71. The summed E-state index contributed by atoms with van der Waals surface area (Å²) in [5.41, 5.74) is -0.123. The molecule has 2 nitrogen and oxygen atoms in total. The van der Waals surface area contributed by atoms with Crippen LogP contribution in [-0.4, -0.2) is 17.6 Å². The maximum absolute atomic E-state index is 13.8. The number of nitrogens with one attached hydrogen (secondary N) is 1. The van der Waals surface area contributed by atoms with E-state index >= 15 is 0 Å². The van der Waals surface area contributed by atoms with Crippen LogP contribution in [0.1, 0.15) is 31.4 Å². The molecular weight excluding hydrogens is 210 g/mol. The SMILES string of the molecule is FC(F)(CC1CCCCN1)c1ccccn1. The highest BCUT2D eigenvalue weighted by Gasteiger charge is 2.36. The van der Waals surface area contributed by atoms with Crippen LogP contribution in [0.25, 0.3) is 0 Å². The normalized spacial score (nSPS) is 22.0. The third-order valence-corrected chi connectivity index (χ3v) is 2.95. The second-order valence-electron chi connectivity index (χ2n) is 4.27. The fourth-order valence-corrected chi connectivity index (χ4v) is 2.09. The molecule has 2 heterocycles. The topological polar surface area (TPSA) is 24.9 Å². The first kappa shape index (κ1) is 11.5. The Morgan fingerprint density at radius 1 is 1.38 bits per heavy atom. The van der Waals surface area contributed by atoms with E-state index in [-0.39, 0.29) is 18.2 Å².